The second-order valence-electron chi connectivity index (χ2n) is 10.4. The monoisotopic (exact) mass is 488 g/mol. The second kappa shape index (κ2) is 8.26. The number of hydrogen-bond donors (Lipinski definition) is 2. The quantitative estimate of drug-likeness (QED) is 0.479. The van der Waals surface area contributed by atoms with Crippen molar-refractivity contribution in [2.24, 2.45) is 0 Å². The molecule has 2 heterocycles. The van der Waals surface area contributed by atoms with E-state index < -0.39 is 28.9 Å². The molecule has 0 spiro atoms. The summed E-state index contributed by atoms with van der Waals surface area (Å²) in [5, 5.41) is 13.8. The Morgan fingerprint density at radius 1 is 1.20 bits per heavy atom. The van der Waals surface area contributed by atoms with Crippen LogP contribution in [-0.2, 0) is 5.92 Å². The Morgan fingerprint density at radius 2 is 1.89 bits per heavy atom. The third-order valence-corrected chi connectivity index (χ3v) is 6.26. The predicted octanol–water partition coefficient (Wildman–Crippen LogP) is 5.72. The fourth-order valence-electron chi connectivity index (χ4n) is 4.48. The zero-order valence-corrected chi connectivity index (χ0v) is 21.0. The van der Waals surface area contributed by atoms with Crippen LogP contribution in [0.25, 0.3) is 10.9 Å². The summed E-state index contributed by atoms with van der Waals surface area (Å²) in [5.74, 6) is -3.18. The Morgan fingerprint density at radius 3 is 2.54 bits per heavy atom. The van der Waals surface area contributed by atoms with Crippen LogP contribution < -0.4 is 15.0 Å². The van der Waals surface area contributed by atoms with E-state index >= 15 is 4.39 Å². The van der Waals surface area contributed by atoms with Crippen LogP contribution in [0.5, 0.6) is 5.75 Å². The highest BCUT2D eigenvalue weighted by atomic mass is 19.3. The average molecular weight is 489 g/mol. The van der Waals surface area contributed by atoms with Crippen molar-refractivity contribution < 1.29 is 23.0 Å². The van der Waals surface area contributed by atoms with Crippen molar-refractivity contribution in [2.75, 3.05) is 23.8 Å². The molecule has 1 atom stereocenters. The van der Waals surface area contributed by atoms with E-state index in [9.17, 15) is 13.9 Å². The van der Waals surface area contributed by atoms with Crippen LogP contribution in [-0.4, -0.2) is 39.9 Å². The van der Waals surface area contributed by atoms with E-state index in [1.807, 2.05) is 33.0 Å². The molecule has 0 fully saturated rings. The lowest BCUT2D eigenvalue weighted by molar-refractivity contribution is -0.170. The van der Waals surface area contributed by atoms with Crippen molar-refractivity contribution in [1.82, 2.24) is 9.97 Å². The molecule has 0 bridgehead atoms. The van der Waals surface area contributed by atoms with E-state index in [1.165, 1.54) is 12.1 Å². The van der Waals surface area contributed by atoms with Crippen LogP contribution in [0.15, 0.2) is 30.3 Å². The molecule has 0 radical (unpaired) electrons. The van der Waals surface area contributed by atoms with Gasteiger partial charge in [-0.2, -0.15) is 8.78 Å². The van der Waals surface area contributed by atoms with Gasteiger partial charge in [0.25, 0.3) is 0 Å². The van der Waals surface area contributed by atoms with Crippen LogP contribution in [0.3, 0.4) is 0 Å². The van der Waals surface area contributed by atoms with Crippen molar-refractivity contribution >= 4 is 22.4 Å². The molecule has 3 aromatic rings. The largest absolute Gasteiger partial charge is 0.484 e. The summed E-state index contributed by atoms with van der Waals surface area (Å²) >= 11 is 0. The number of benzene rings is 2. The maximum absolute atomic E-state index is 15.3. The van der Waals surface area contributed by atoms with Gasteiger partial charge in [-0.1, -0.05) is 12.1 Å². The van der Waals surface area contributed by atoms with Gasteiger partial charge < -0.3 is 20.1 Å². The van der Waals surface area contributed by atoms with Gasteiger partial charge in [-0.05, 0) is 53.7 Å². The van der Waals surface area contributed by atoms with E-state index in [4.69, 9.17) is 4.74 Å². The Bertz CT molecular complexity index is 1290. The number of alkyl halides is 2. The molecule has 0 aliphatic carbocycles. The zero-order chi connectivity index (χ0) is 25.9. The number of aryl methyl sites for hydroxylation is 1. The number of anilines is 2. The van der Waals surface area contributed by atoms with E-state index in [1.54, 1.807) is 13.8 Å². The van der Waals surface area contributed by atoms with Gasteiger partial charge in [0.05, 0.1) is 29.4 Å². The Hall–Kier alpha value is -3.07. The third-order valence-electron chi connectivity index (χ3n) is 6.26. The number of aromatic nitrogens is 2. The molecule has 0 unspecified atom stereocenters. The number of halogens is 3. The predicted molar refractivity (Wildman–Crippen MR) is 131 cm³/mol. The van der Waals surface area contributed by atoms with Crippen molar-refractivity contribution in [1.29, 1.82) is 0 Å². The van der Waals surface area contributed by atoms with Crippen LogP contribution in [0.4, 0.5) is 24.7 Å². The Labute approximate surface area is 203 Å². The molecule has 0 amide bonds. The number of fused-ring (bicyclic) bond motifs is 2. The standard InChI is InChI=1S/C26H31F3N4O2/c1-14(16-9-8-10-18(22(16)27)26(28,29)25(5,6)34)30-23-17-11-20-21(12-19(17)31-15(2)32-23)35-24(3,4)13-33(20)7/h8-12,14,34H,13H2,1-7H3,(H,30,31,32)/t14-/m1/s1. The normalized spacial score (nSPS) is 16.6. The van der Waals surface area contributed by atoms with Gasteiger partial charge in [0.15, 0.2) is 0 Å². The Kier molecular flexibility index (Phi) is 5.91. The first-order chi connectivity index (χ1) is 16.1. The summed E-state index contributed by atoms with van der Waals surface area (Å²) in [4.78, 5) is 11.1. The molecule has 6 nitrogen and oxygen atoms in total. The van der Waals surface area contributed by atoms with Crippen LogP contribution >= 0.6 is 0 Å². The van der Waals surface area contributed by atoms with Gasteiger partial charge >= 0.3 is 5.92 Å². The fraction of sp³-hybridized carbons (Fsp3) is 0.462. The zero-order valence-electron chi connectivity index (χ0n) is 21.0. The van der Waals surface area contributed by atoms with Crippen LogP contribution in [0.2, 0.25) is 0 Å². The second-order valence-corrected chi connectivity index (χ2v) is 10.4. The van der Waals surface area contributed by atoms with Gasteiger partial charge in [0.2, 0.25) is 0 Å². The first-order valence-corrected chi connectivity index (χ1v) is 11.5. The highest BCUT2D eigenvalue weighted by Gasteiger charge is 2.49. The number of likely N-dealkylation sites (N-methyl/N-ethyl adjacent to an activating group) is 1. The smallest absolute Gasteiger partial charge is 0.303 e. The van der Waals surface area contributed by atoms with Crippen molar-refractivity contribution in [3.63, 3.8) is 0 Å². The molecule has 2 N–H and O–H groups in total. The number of ether oxygens (including phenoxy) is 1. The maximum Gasteiger partial charge on any atom is 0.303 e. The van der Waals surface area contributed by atoms with Crippen molar-refractivity contribution in [3.8, 4) is 5.75 Å². The SMILES string of the molecule is Cc1nc(N[C@H](C)c2cccc(C(F)(F)C(C)(C)O)c2F)c2cc3c(cc2n1)OC(C)(C)CN3C. The average Bonchev–Trinajstić information content (AvgIpc) is 2.70. The summed E-state index contributed by atoms with van der Waals surface area (Å²) in [7, 11) is 1.98. The minimum atomic E-state index is -3.78. The number of rotatable bonds is 5. The molecule has 0 saturated heterocycles. The lowest BCUT2D eigenvalue weighted by Gasteiger charge is -2.39. The molecule has 35 heavy (non-hydrogen) atoms. The minimum absolute atomic E-state index is 0.0380. The van der Waals surface area contributed by atoms with Gasteiger partial charge in [0.1, 0.15) is 34.4 Å². The molecule has 1 aromatic heterocycles. The highest BCUT2D eigenvalue weighted by molar-refractivity contribution is 5.94. The van der Waals surface area contributed by atoms with E-state index in [0.29, 0.717) is 34.8 Å². The topological polar surface area (TPSA) is 70.5 Å². The van der Waals surface area contributed by atoms with Crippen LogP contribution in [0, 0.1) is 12.7 Å². The summed E-state index contributed by atoms with van der Waals surface area (Å²) in [6.07, 6.45) is 0. The molecular weight excluding hydrogens is 457 g/mol. The molecular formula is C26H31F3N4O2. The molecule has 1 aliphatic rings. The molecule has 9 heteroatoms. The lowest BCUT2D eigenvalue weighted by atomic mass is 9.91. The van der Waals surface area contributed by atoms with Gasteiger partial charge in [0, 0.05) is 24.1 Å². The number of nitrogens with one attached hydrogen (secondary N) is 1. The molecule has 0 saturated carbocycles. The highest BCUT2D eigenvalue weighted by Crippen LogP contribution is 2.43. The Balaban J connectivity index is 1.76. The first-order valence-electron chi connectivity index (χ1n) is 11.5. The first kappa shape index (κ1) is 25.0. The van der Waals surface area contributed by atoms with Crippen LogP contribution in [0.1, 0.15) is 57.6 Å². The summed E-state index contributed by atoms with van der Waals surface area (Å²) < 4.78 is 51.0. The van der Waals surface area contributed by atoms with Crippen molar-refractivity contribution in [3.05, 3.63) is 53.1 Å². The number of aliphatic hydroxyl groups is 1. The molecule has 2 aromatic carbocycles. The third kappa shape index (κ3) is 4.49. The van der Waals surface area contributed by atoms with E-state index in [0.717, 1.165) is 25.6 Å². The minimum Gasteiger partial charge on any atom is -0.484 e. The summed E-state index contributed by atoms with van der Waals surface area (Å²) in [6, 6.07) is 6.88. The fourth-order valence-corrected chi connectivity index (χ4v) is 4.48. The molecule has 188 valence electrons. The summed E-state index contributed by atoms with van der Waals surface area (Å²) in [6.45, 7) is 10.0. The van der Waals surface area contributed by atoms with Gasteiger partial charge in [-0.25, -0.2) is 14.4 Å². The van der Waals surface area contributed by atoms with E-state index in [2.05, 4.69) is 20.2 Å². The van der Waals surface area contributed by atoms with Gasteiger partial charge in [-0.15, -0.1) is 0 Å². The number of nitrogens with zero attached hydrogens (tertiary/aromatic N) is 3. The maximum atomic E-state index is 15.3. The van der Waals surface area contributed by atoms with Gasteiger partial charge in [-0.3, -0.25) is 0 Å². The van der Waals surface area contributed by atoms with E-state index in [-0.39, 0.29) is 11.2 Å². The van der Waals surface area contributed by atoms with Crippen molar-refractivity contribution in [2.45, 2.75) is 64.7 Å². The molecule has 4 rings (SSSR count). The summed E-state index contributed by atoms with van der Waals surface area (Å²) in [5.41, 5.74) is -2.07. The molecule has 1 aliphatic heterocycles. The number of hydrogen-bond acceptors (Lipinski definition) is 6. The lowest BCUT2D eigenvalue weighted by Crippen LogP contribution is -2.45.